The monoisotopic (exact) mass is 286 g/mol. The predicted octanol–water partition coefficient (Wildman–Crippen LogP) is 3.74. The molecule has 1 atom stereocenters. The predicted molar refractivity (Wildman–Crippen MR) is 89.7 cm³/mol. The van der Waals surface area contributed by atoms with E-state index in [9.17, 15) is 0 Å². The van der Waals surface area contributed by atoms with Crippen LogP contribution in [0.15, 0.2) is 30.3 Å². The van der Waals surface area contributed by atoms with Crippen molar-refractivity contribution in [3.8, 4) is 0 Å². The quantitative estimate of drug-likeness (QED) is 0.832. The van der Waals surface area contributed by atoms with Crippen molar-refractivity contribution in [3.63, 3.8) is 0 Å². The summed E-state index contributed by atoms with van der Waals surface area (Å²) in [5.41, 5.74) is 1.48. The number of nitrogens with zero attached hydrogens (tertiary/aromatic N) is 2. The Kier molecular flexibility index (Phi) is 5.32. The van der Waals surface area contributed by atoms with Crippen LogP contribution in [0.1, 0.15) is 50.5 Å². The van der Waals surface area contributed by atoms with Crippen molar-refractivity contribution in [2.24, 2.45) is 0 Å². The first-order valence-corrected chi connectivity index (χ1v) is 8.84. The molecule has 1 aromatic rings. The molecule has 0 spiro atoms. The van der Waals surface area contributed by atoms with Gasteiger partial charge in [0.2, 0.25) is 0 Å². The second kappa shape index (κ2) is 7.42. The Labute approximate surface area is 130 Å². The van der Waals surface area contributed by atoms with Crippen molar-refractivity contribution in [2.45, 2.75) is 51.0 Å². The second-order valence-corrected chi connectivity index (χ2v) is 6.94. The minimum atomic E-state index is 0.651. The highest BCUT2D eigenvalue weighted by molar-refractivity contribution is 5.19. The molecule has 0 unspecified atom stereocenters. The maximum Gasteiger partial charge on any atom is 0.0120 e. The van der Waals surface area contributed by atoms with Crippen molar-refractivity contribution in [1.82, 2.24) is 9.80 Å². The van der Waals surface area contributed by atoms with Gasteiger partial charge in [-0.25, -0.2) is 0 Å². The van der Waals surface area contributed by atoms with Gasteiger partial charge in [-0.05, 0) is 63.3 Å². The molecule has 3 rings (SSSR count). The van der Waals surface area contributed by atoms with Crippen molar-refractivity contribution in [3.05, 3.63) is 35.9 Å². The van der Waals surface area contributed by atoms with E-state index in [2.05, 4.69) is 47.1 Å². The molecule has 1 aromatic carbocycles. The average molecular weight is 286 g/mol. The van der Waals surface area contributed by atoms with Crippen molar-refractivity contribution in [1.29, 1.82) is 0 Å². The molecule has 2 saturated heterocycles. The lowest BCUT2D eigenvalue weighted by molar-refractivity contribution is 0.0905. The smallest absolute Gasteiger partial charge is 0.0120 e. The standard InChI is InChI=1S/C19H30N2/c1-17(18-8-4-2-5-9-18)16-20-14-10-19(11-15-20)21-12-6-3-7-13-21/h2,4-5,8-9,17,19H,3,6-7,10-16H2,1H3/t17-/m0/s1. The first-order valence-electron chi connectivity index (χ1n) is 8.84. The van der Waals surface area contributed by atoms with Gasteiger partial charge in [0.25, 0.3) is 0 Å². The highest BCUT2D eigenvalue weighted by Gasteiger charge is 2.26. The normalized spacial score (nSPS) is 24.0. The van der Waals surface area contributed by atoms with Crippen molar-refractivity contribution < 1.29 is 0 Å². The molecule has 21 heavy (non-hydrogen) atoms. The first kappa shape index (κ1) is 15.1. The minimum absolute atomic E-state index is 0.651. The molecule has 2 heterocycles. The highest BCUT2D eigenvalue weighted by Crippen LogP contribution is 2.23. The third kappa shape index (κ3) is 4.08. The molecule has 2 aliphatic rings. The van der Waals surface area contributed by atoms with Gasteiger partial charge in [0, 0.05) is 12.6 Å². The van der Waals surface area contributed by atoms with Gasteiger partial charge >= 0.3 is 0 Å². The fourth-order valence-electron chi connectivity index (χ4n) is 4.02. The van der Waals surface area contributed by atoms with Crippen LogP contribution in [0.2, 0.25) is 0 Å². The molecule has 0 N–H and O–H groups in total. The molecule has 0 saturated carbocycles. The zero-order valence-electron chi connectivity index (χ0n) is 13.5. The maximum atomic E-state index is 2.77. The lowest BCUT2D eigenvalue weighted by Crippen LogP contribution is -2.47. The largest absolute Gasteiger partial charge is 0.303 e. The summed E-state index contributed by atoms with van der Waals surface area (Å²) in [6.07, 6.45) is 7.05. The van der Waals surface area contributed by atoms with Crippen LogP contribution in [0.25, 0.3) is 0 Å². The number of hydrogen-bond donors (Lipinski definition) is 0. The topological polar surface area (TPSA) is 6.48 Å². The van der Waals surface area contributed by atoms with Crippen molar-refractivity contribution >= 4 is 0 Å². The second-order valence-electron chi connectivity index (χ2n) is 6.94. The molecule has 2 fully saturated rings. The molecule has 0 aliphatic carbocycles. The van der Waals surface area contributed by atoms with Gasteiger partial charge in [0.1, 0.15) is 0 Å². The molecule has 2 nitrogen and oxygen atoms in total. The van der Waals surface area contributed by atoms with Gasteiger partial charge in [-0.2, -0.15) is 0 Å². The van der Waals surface area contributed by atoms with Gasteiger partial charge in [0.15, 0.2) is 0 Å². The molecule has 0 radical (unpaired) electrons. The molecular weight excluding hydrogens is 256 g/mol. The van der Waals surface area contributed by atoms with E-state index in [1.165, 1.54) is 70.4 Å². The van der Waals surface area contributed by atoms with Crippen LogP contribution in [0.4, 0.5) is 0 Å². The Hall–Kier alpha value is -0.860. The number of benzene rings is 1. The fraction of sp³-hybridized carbons (Fsp3) is 0.684. The molecule has 0 amide bonds. The van der Waals surface area contributed by atoms with Crippen LogP contribution in [-0.4, -0.2) is 48.6 Å². The van der Waals surface area contributed by atoms with E-state index in [-0.39, 0.29) is 0 Å². The van der Waals surface area contributed by atoms with Crippen LogP contribution >= 0.6 is 0 Å². The lowest BCUT2D eigenvalue weighted by atomic mass is 9.97. The lowest BCUT2D eigenvalue weighted by Gasteiger charge is -2.40. The first-order chi connectivity index (χ1) is 10.3. The fourth-order valence-corrected chi connectivity index (χ4v) is 4.02. The van der Waals surface area contributed by atoms with E-state index >= 15 is 0 Å². The van der Waals surface area contributed by atoms with Gasteiger partial charge in [0.05, 0.1) is 0 Å². The Morgan fingerprint density at radius 2 is 1.62 bits per heavy atom. The molecule has 116 valence electrons. The Morgan fingerprint density at radius 3 is 2.29 bits per heavy atom. The highest BCUT2D eigenvalue weighted by atomic mass is 15.2. The van der Waals surface area contributed by atoms with Crippen molar-refractivity contribution in [2.75, 3.05) is 32.7 Å². The van der Waals surface area contributed by atoms with E-state index in [0.29, 0.717) is 5.92 Å². The average Bonchev–Trinajstić information content (AvgIpc) is 2.57. The molecule has 2 aliphatic heterocycles. The summed E-state index contributed by atoms with van der Waals surface area (Å²) in [4.78, 5) is 5.44. The summed E-state index contributed by atoms with van der Waals surface area (Å²) < 4.78 is 0. The summed E-state index contributed by atoms with van der Waals surface area (Å²) in [7, 11) is 0. The molecule has 0 aromatic heterocycles. The SMILES string of the molecule is C[C@@H](CN1CCC(N2CCCCC2)CC1)c1ccccc1. The number of rotatable bonds is 4. The Bertz CT molecular complexity index is 403. The van der Waals surface area contributed by atoms with Gasteiger partial charge in [-0.3, -0.25) is 0 Å². The van der Waals surface area contributed by atoms with E-state index in [0.717, 1.165) is 6.04 Å². The van der Waals surface area contributed by atoms with Crippen LogP contribution in [0.3, 0.4) is 0 Å². The van der Waals surface area contributed by atoms with Gasteiger partial charge in [-0.1, -0.05) is 43.7 Å². The van der Waals surface area contributed by atoms with Crippen LogP contribution in [0, 0.1) is 0 Å². The van der Waals surface area contributed by atoms with Gasteiger partial charge < -0.3 is 9.80 Å². The number of likely N-dealkylation sites (tertiary alicyclic amines) is 2. The zero-order chi connectivity index (χ0) is 14.5. The summed E-state index contributed by atoms with van der Waals surface area (Å²) >= 11 is 0. The van der Waals surface area contributed by atoms with E-state index in [1.807, 2.05) is 0 Å². The zero-order valence-corrected chi connectivity index (χ0v) is 13.5. The summed E-state index contributed by atoms with van der Waals surface area (Å²) in [6.45, 7) is 8.87. The van der Waals surface area contributed by atoms with E-state index < -0.39 is 0 Å². The van der Waals surface area contributed by atoms with Crippen LogP contribution in [0.5, 0.6) is 0 Å². The number of hydrogen-bond acceptors (Lipinski definition) is 2. The summed E-state index contributed by atoms with van der Waals surface area (Å²) in [5, 5.41) is 0. The number of piperidine rings is 2. The molecular formula is C19H30N2. The summed E-state index contributed by atoms with van der Waals surface area (Å²) in [6, 6.07) is 11.8. The molecule has 2 heteroatoms. The van der Waals surface area contributed by atoms with E-state index in [1.54, 1.807) is 0 Å². The van der Waals surface area contributed by atoms with E-state index in [4.69, 9.17) is 0 Å². The Morgan fingerprint density at radius 1 is 0.952 bits per heavy atom. The van der Waals surface area contributed by atoms with Gasteiger partial charge in [-0.15, -0.1) is 0 Å². The maximum absolute atomic E-state index is 2.77. The third-order valence-electron chi connectivity index (χ3n) is 5.36. The van der Waals surface area contributed by atoms with Crippen LogP contribution in [-0.2, 0) is 0 Å². The third-order valence-corrected chi connectivity index (χ3v) is 5.36. The Balaban J connectivity index is 1.45. The summed E-state index contributed by atoms with van der Waals surface area (Å²) in [5.74, 6) is 0.651. The van der Waals surface area contributed by atoms with Crippen LogP contribution < -0.4 is 0 Å². The minimum Gasteiger partial charge on any atom is -0.303 e. The molecule has 0 bridgehead atoms.